The predicted molar refractivity (Wildman–Crippen MR) is 72.4 cm³/mol. The highest BCUT2D eigenvalue weighted by atomic mass is 16.6. The van der Waals surface area contributed by atoms with Crippen LogP contribution in [0.3, 0.4) is 0 Å². The first kappa shape index (κ1) is 14.4. The van der Waals surface area contributed by atoms with E-state index in [1.54, 1.807) is 19.2 Å². The SMILES string of the molecule is C=CCN(C)c1ccc([N+](=O)[O-])c(OC(=O)C=C)c1. The zero-order valence-electron chi connectivity index (χ0n) is 10.5. The van der Waals surface area contributed by atoms with E-state index in [9.17, 15) is 14.9 Å². The predicted octanol–water partition coefficient (Wildman–Crippen LogP) is 2.31. The van der Waals surface area contributed by atoms with Crippen LogP contribution in [0.2, 0.25) is 0 Å². The van der Waals surface area contributed by atoms with Crippen LogP contribution in [0, 0.1) is 10.1 Å². The Morgan fingerprint density at radius 2 is 2.21 bits per heavy atom. The lowest BCUT2D eigenvalue weighted by Crippen LogP contribution is -2.17. The Labute approximate surface area is 110 Å². The number of anilines is 1. The van der Waals surface area contributed by atoms with Crippen molar-refractivity contribution in [1.29, 1.82) is 0 Å². The molecule has 0 radical (unpaired) electrons. The number of carbonyl (C=O) groups excluding carboxylic acids is 1. The van der Waals surface area contributed by atoms with Gasteiger partial charge in [-0.3, -0.25) is 10.1 Å². The van der Waals surface area contributed by atoms with Gasteiger partial charge in [-0.2, -0.15) is 0 Å². The van der Waals surface area contributed by atoms with Crippen LogP contribution in [-0.2, 0) is 4.79 Å². The summed E-state index contributed by atoms with van der Waals surface area (Å²) in [5.41, 5.74) is 0.406. The summed E-state index contributed by atoms with van der Waals surface area (Å²) in [5, 5.41) is 10.9. The molecule has 6 heteroatoms. The van der Waals surface area contributed by atoms with E-state index in [1.165, 1.54) is 12.1 Å². The maximum atomic E-state index is 11.2. The van der Waals surface area contributed by atoms with E-state index in [4.69, 9.17) is 4.74 Å². The molecule has 0 amide bonds. The Bertz CT molecular complexity index is 525. The van der Waals surface area contributed by atoms with E-state index in [0.29, 0.717) is 12.2 Å². The smallest absolute Gasteiger partial charge is 0.335 e. The highest BCUT2D eigenvalue weighted by Gasteiger charge is 2.18. The number of nitro groups is 1. The molecule has 0 spiro atoms. The number of rotatable bonds is 6. The van der Waals surface area contributed by atoms with Crippen LogP contribution in [0.5, 0.6) is 5.75 Å². The van der Waals surface area contributed by atoms with Gasteiger partial charge >= 0.3 is 11.7 Å². The molecule has 0 aliphatic carbocycles. The van der Waals surface area contributed by atoms with Gasteiger partial charge in [-0.15, -0.1) is 6.58 Å². The van der Waals surface area contributed by atoms with Crippen LogP contribution in [0.1, 0.15) is 0 Å². The summed E-state index contributed by atoms with van der Waals surface area (Å²) in [4.78, 5) is 23.2. The lowest BCUT2D eigenvalue weighted by molar-refractivity contribution is -0.385. The van der Waals surface area contributed by atoms with Gasteiger partial charge in [-0.05, 0) is 6.07 Å². The van der Waals surface area contributed by atoms with Gasteiger partial charge in [-0.25, -0.2) is 4.79 Å². The number of ether oxygens (including phenoxy) is 1. The van der Waals surface area contributed by atoms with Gasteiger partial charge in [0.25, 0.3) is 0 Å². The van der Waals surface area contributed by atoms with Crippen molar-refractivity contribution in [2.75, 3.05) is 18.5 Å². The third-order valence-electron chi connectivity index (χ3n) is 2.36. The second-order valence-corrected chi connectivity index (χ2v) is 3.70. The number of hydrogen-bond donors (Lipinski definition) is 0. The molecule has 0 bridgehead atoms. The summed E-state index contributed by atoms with van der Waals surface area (Å²) in [6.45, 7) is 7.42. The largest absolute Gasteiger partial charge is 0.416 e. The van der Waals surface area contributed by atoms with E-state index in [-0.39, 0.29) is 11.4 Å². The van der Waals surface area contributed by atoms with E-state index < -0.39 is 10.9 Å². The van der Waals surface area contributed by atoms with E-state index in [0.717, 1.165) is 6.08 Å². The van der Waals surface area contributed by atoms with Gasteiger partial charge in [0.1, 0.15) is 0 Å². The quantitative estimate of drug-likeness (QED) is 0.196. The molecule has 1 aromatic rings. The van der Waals surface area contributed by atoms with Crippen LogP contribution >= 0.6 is 0 Å². The third-order valence-corrected chi connectivity index (χ3v) is 2.36. The molecule has 0 N–H and O–H groups in total. The molecule has 0 aromatic heterocycles. The Balaban J connectivity index is 3.17. The summed E-state index contributed by atoms with van der Waals surface area (Å²) in [6.07, 6.45) is 2.64. The number of hydrogen-bond acceptors (Lipinski definition) is 5. The van der Waals surface area contributed by atoms with E-state index in [2.05, 4.69) is 13.2 Å². The minimum Gasteiger partial charge on any atom is -0.416 e. The lowest BCUT2D eigenvalue weighted by atomic mass is 10.2. The van der Waals surface area contributed by atoms with Gasteiger partial charge in [0.2, 0.25) is 5.75 Å². The van der Waals surface area contributed by atoms with Crippen molar-refractivity contribution in [3.8, 4) is 5.75 Å². The molecule has 0 aliphatic heterocycles. The van der Waals surface area contributed by atoms with Crippen LogP contribution in [0.25, 0.3) is 0 Å². The molecule has 0 unspecified atom stereocenters. The summed E-state index contributed by atoms with van der Waals surface area (Å²) >= 11 is 0. The van der Waals surface area contributed by atoms with Gasteiger partial charge in [-0.1, -0.05) is 12.7 Å². The fourth-order valence-corrected chi connectivity index (χ4v) is 1.42. The molecule has 100 valence electrons. The molecule has 0 atom stereocenters. The van der Waals surface area contributed by atoms with Gasteiger partial charge in [0.15, 0.2) is 0 Å². The summed E-state index contributed by atoms with van der Waals surface area (Å²) in [5.74, 6) is -0.852. The molecule has 0 saturated carbocycles. The minimum atomic E-state index is -0.744. The number of nitro benzene ring substituents is 1. The fraction of sp³-hybridized carbons (Fsp3) is 0.154. The van der Waals surface area contributed by atoms with Crippen LogP contribution < -0.4 is 9.64 Å². The van der Waals surface area contributed by atoms with Crippen molar-refractivity contribution in [3.05, 3.63) is 53.6 Å². The molecule has 1 aromatic carbocycles. The van der Waals surface area contributed by atoms with Crippen molar-refractivity contribution in [1.82, 2.24) is 0 Å². The fourth-order valence-electron chi connectivity index (χ4n) is 1.42. The van der Waals surface area contributed by atoms with Crippen molar-refractivity contribution >= 4 is 17.3 Å². The van der Waals surface area contributed by atoms with E-state index in [1.807, 2.05) is 4.90 Å². The number of carbonyl (C=O) groups is 1. The Hall–Kier alpha value is -2.63. The lowest BCUT2D eigenvalue weighted by Gasteiger charge is -2.17. The normalized spacial score (nSPS) is 9.53. The highest BCUT2D eigenvalue weighted by molar-refractivity contribution is 5.84. The minimum absolute atomic E-state index is 0.108. The summed E-state index contributed by atoms with van der Waals surface area (Å²) < 4.78 is 4.87. The summed E-state index contributed by atoms with van der Waals surface area (Å²) in [6, 6.07) is 4.30. The average Bonchev–Trinajstić information content (AvgIpc) is 2.38. The maximum Gasteiger partial charge on any atom is 0.335 e. The van der Waals surface area contributed by atoms with Gasteiger partial charge < -0.3 is 9.64 Å². The van der Waals surface area contributed by atoms with Gasteiger partial charge in [0, 0.05) is 37.5 Å². The molecule has 0 fully saturated rings. The zero-order chi connectivity index (χ0) is 14.4. The number of nitrogens with zero attached hydrogens (tertiary/aromatic N) is 2. The van der Waals surface area contributed by atoms with Crippen molar-refractivity contribution < 1.29 is 14.5 Å². The Morgan fingerprint density at radius 3 is 2.74 bits per heavy atom. The molecule has 19 heavy (non-hydrogen) atoms. The van der Waals surface area contributed by atoms with Crippen LogP contribution in [0.15, 0.2) is 43.5 Å². The van der Waals surface area contributed by atoms with E-state index >= 15 is 0 Å². The number of esters is 1. The van der Waals surface area contributed by atoms with Crippen LogP contribution in [-0.4, -0.2) is 24.5 Å². The molecule has 0 saturated heterocycles. The topological polar surface area (TPSA) is 72.7 Å². The molecule has 1 rings (SSSR count). The second-order valence-electron chi connectivity index (χ2n) is 3.70. The standard InChI is InChI=1S/C13H14N2O4/c1-4-8-14(3)10-6-7-11(15(17)18)12(9-10)19-13(16)5-2/h4-7,9H,1-2,8H2,3H3. The van der Waals surface area contributed by atoms with Crippen molar-refractivity contribution in [2.24, 2.45) is 0 Å². The molecular weight excluding hydrogens is 248 g/mol. The Morgan fingerprint density at radius 1 is 1.53 bits per heavy atom. The second kappa shape index (κ2) is 6.34. The number of benzene rings is 1. The number of likely N-dealkylation sites (N-methyl/N-ethyl adjacent to an activating group) is 1. The molecule has 0 heterocycles. The third kappa shape index (κ3) is 3.67. The molecule has 6 nitrogen and oxygen atoms in total. The van der Waals surface area contributed by atoms with Crippen LogP contribution in [0.4, 0.5) is 11.4 Å². The maximum absolute atomic E-state index is 11.2. The average molecular weight is 262 g/mol. The highest BCUT2D eigenvalue weighted by Crippen LogP contribution is 2.31. The monoisotopic (exact) mass is 262 g/mol. The molecule has 0 aliphatic rings. The van der Waals surface area contributed by atoms with Crippen molar-refractivity contribution in [2.45, 2.75) is 0 Å². The first-order chi connectivity index (χ1) is 8.99. The van der Waals surface area contributed by atoms with Gasteiger partial charge in [0.05, 0.1) is 4.92 Å². The Kier molecular flexibility index (Phi) is 4.82. The zero-order valence-corrected chi connectivity index (χ0v) is 10.5. The molecular formula is C13H14N2O4. The summed E-state index contributed by atoms with van der Waals surface area (Å²) in [7, 11) is 1.79. The van der Waals surface area contributed by atoms with Crippen molar-refractivity contribution in [3.63, 3.8) is 0 Å². The first-order valence-electron chi connectivity index (χ1n) is 5.44. The first-order valence-corrected chi connectivity index (χ1v) is 5.44.